The van der Waals surface area contributed by atoms with Gasteiger partial charge < -0.3 is 9.84 Å². The average molecular weight is 492 g/mol. The molecule has 2 aromatic carbocycles. The number of carbonyl (C=O) groups is 1. The van der Waals surface area contributed by atoms with Crippen molar-refractivity contribution >= 4 is 27.8 Å². The molecule has 176 valence electrons. The van der Waals surface area contributed by atoms with E-state index in [2.05, 4.69) is 0 Å². The third kappa shape index (κ3) is 6.88. The SMILES string of the molecule is CCCN(CCSc1ccc(OCC(=O)O)c(C)c1)S(=O)(=O)c1ccccc1C(F)(F)F. The fraction of sp³-hybridized carbons (Fsp3) is 0.381. The number of aliphatic carboxylic acids is 1. The smallest absolute Gasteiger partial charge is 0.417 e. The Labute approximate surface area is 189 Å². The summed E-state index contributed by atoms with van der Waals surface area (Å²) in [4.78, 5) is 10.7. The molecule has 0 unspecified atom stereocenters. The van der Waals surface area contributed by atoms with Gasteiger partial charge in [-0.15, -0.1) is 11.8 Å². The van der Waals surface area contributed by atoms with E-state index in [-0.39, 0.29) is 13.1 Å². The molecule has 0 fully saturated rings. The van der Waals surface area contributed by atoms with Crippen LogP contribution in [0.25, 0.3) is 0 Å². The zero-order chi connectivity index (χ0) is 23.9. The van der Waals surface area contributed by atoms with Crippen molar-refractivity contribution in [1.82, 2.24) is 4.31 Å². The highest BCUT2D eigenvalue weighted by Crippen LogP contribution is 2.35. The summed E-state index contributed by atoms with van der Waals surface area (Å²) in [6, 6.07) is 9.30. The van der Waals surface area contributed by atoms with Gasteiger partial charge in [-0.1, -0.05) is 19.1 Å². The number of halogens is 3. The maximum Gasteiger partial charge on any atom is 0.417 e. The van der Waals surface area contributed by atoms with Crippen LogP contribution in [0.3, 0.4) is 0 Å². The third-order valence-corrected chi connectivity index (χ3v) is 7.32. The molecule has 2 rings (SSSR count). The highest BCUT2D eigenvalue weighted by atomic mass is 32.2. The van der Waals surface area contributed by atoms with Gasteiger partial charge >= 0.3 is 12.1 Å². The van der Waals surface area contributed by atoms with Gasteiger partial charge in [-0.2, -0.15) is 17.5 Å². The van der Waals surface area contributed by atoms with Gasteiger partial charge in [0.15, 0.2) is 6.61 Å². The van der Waals surface area contributed by atoms with Gasteiger partial charge in [0, 0.05) is 23.7 Å². The van der Waals surface area contributed by atoms with Crippen LogP contribution in [0.5, 0.6) is 5.75 Å². The molecule has 0 radical (unpaired) electrons. The molecule has 11 heteroatoms. The number of hydrogen-bond acceptors (Lipinski definition) is 5. The molecule has 0 aromatic heterocycles. The Morgan fingerprint density at radius 2 is 1.84 bits per heavy atom. The zero-order valence-corrected chi connectivity index (χ0v) is 19.2. The molecule has 0 bridgehead atoms. The van der Waals surface area contributed by atoms with Crippen LogP contribution in [0.2, 0.25) is 0 Å². The number of rotatable bonds is 11. The molecule has 1 N–H and O–H groups in total. The van der Waals surface area contributed by atoms with Crippen molar-refractivity contribution < 1.29 is 36.2 Å². The van der Waals surface area contributed by atoms with Crippen LogP contribution in [0.1, 0.15) is 24.5 Å². The van der Waals surface area contributed by atoms with Crippen LogP contribution in [-0.4, -0.2) is 49.2 Å². The summed E-state index contributed by atoms with van der Waals surface area (Å²) in [5.41, 5.74) is -0.463. The van der Waals surface area contributed by atoms with Crippen LogP contribution in [0.15, 0.2) is 52.3 Å². The van der Waals surface area contributed by atoms with Crippen molar-refractivity contribution in [3.05, 3.63) is 53.6 Å². The van der Waals surface area contributed by atoms with Gasteiger partial charge in [0.2, 0.25) is 10.0 Å². The number of ether oxygens (including phenoxy) is 1. The molecular weight excluding hydrogens is 467 g/mol. The second-order valence-electron chi connectivity index (χ2n) is 6.86. The summed E-state index contributed by atoms with van der Waals surface area (Å²) in [6.45, 7) is 3.17. The second kappa shape index (κ2) is 11.1. The zero-order valence-electron chi connectivity index (χ0n) is 17.6. The number of sulfonamides is 1. The van der Waals surface area contributed by atoms with Crippen LogP contribution >= 0.6 is 11.8 Å². The molecule has 32 heavy (non-hydrogen) atoms. The standard InChI is InChI=1S/C21H24F3NO5S2/c1-3-10-25(32(28,29)19-7-5-4-6-17(19)21(22,23)24)11-12-31-16-8-9-18(15(2)13-16)30-14-20(26)27/h4-9,13H,3,10-12,14H2,1-2H3,(H,26,27). The lowest BCUT2D eigenvalue weighted by atomic mass is 10.2. The van der Waals surface area contributed by atoms with Gasteiger partial charge in [0.1, 0.15) is 5.75 Å². The molecule has 0 saturated carbocycles. The number of benzene rings is 2. The minimum absolute atomic E-state index is 0.0311. The number of aryl methyl sites for hydroxylation is 1. The predicted molar refractivity (Wildman–Crippen MR) is 116 cm³/mol. The lowest BCUT2D eigenvalue weighted by Crippen LogP contribution is -2.35. The number of alkyl halides is 3. The fourth-order valence-corrected chi connectivity index (χ4v) is 5.78. The van der Waals surface area contributed by atoms with Gasteiger partial charge in [-0.05, 0) is 49.2 Å². The highest BCUT2D eigenvalue weighted by molar-refractivity contribution is 7.99. The lowest BCUT2D eigenvalue weighted by Gasteiger charge is -2.23. The van der Waals surface area contributed by atoms with Crippen LogP contribution in [0.4, 0.5) is 13.2 Å². The average Bonchev–Trinajstić information content (AvgIpc) is 2.71. The molecule has 0 aliphatic rings. The molecule has 6 nitrogen and oxygen atoms in total. The van der Waals surface area contributed by atoms with Crippen molar-refractivity contribution in [1.29, 1.82) is 0 Å². The first-order chi connectivity index (χ1) is 15.0. The molecule has 2 aromatic rings. The Morgan fingerprint density at radius 3 is 2.44 bits per heavy atom. The first kappa shape index (κ1) is 26.0. The largest absolute Gasteiger partial charge is 0.482 e. The van der Waals surface area contributed by atoms with E-state index in [1.165, 1.54) is 17.8 Å². The van der Waals surface area contributed by atoms with Crippen LogP contribution < -0.4 is 4.74 Å². The van der Waals surface area contributed by atoms with Crippen LogP contribution in [-0.2, 0) is 21.0 Å². The van der Waals surface area contributed by atoms with E-state index in [0.717, 1.165) is 27.4 Å². The summed E-state index contributed by atoms with van der Waals surface area (Å²) in [5.74, 6) is -0.342. The molecule has 0 spiro atoms. The fourth-order valence-electron chi connectivity index (χ4n) is 2.94. The number of nitrogens with zero attached hydrogens (tertiary/aromatic N) is 1. The number of thioether (sulfide) groups is 1. The Balaban J connectivity index is 2.13. The number of carboxylic acids is 1. The summed E-state index contributed by atoms with van der Waals surface area (Å²) < 4.78 is 72.3. The van der Waals surface area contributed by atoms with Crippen molar-refractivity contribution in [2.24, 2.45) is 0 Å². The van der Waals surface area contributed by atoms with Crippen molar-refractivity contribution in [3.63, 3.8) is 0 Å². The lowest BCUT2D eigenvalue weighted by molar-refractivity contribution is -0.140. The normalized spacial score (nSPS) is 12.2. The van der Waals surface area contributed by atoms with Crippen molar-refractivity contribution in [2.45, 2.75) is 36.2 Å². The van der Waals surface area contributed by atoms with Gasteiger partial charge in [-0.3, -0.25) is 0 Å². The minimum Gasteiger partial charge on any atom is -0.482 e. The van der Waals surface area contributed by atoms with Crippen LogP contribution in [0, 0.1) is 6.92 Å². The predicted octanol–water partition coefficient (Wildman–Crippen LogP) is 4.67. The third-order valence-electron chi connectivity index (χ3n) is 4.39. The topological polar surface area (TPSA) is 83.9 Å². The first-order valence-electron chi connectivity index (χ1n) is 9.71. The molecule has 0 aliphatic carbocycles. The monoisotopic (exact) mass is 491 g/mol. The Hall–Kier alpha value is -2.24. The summed E-state index contributed by atoms with van der Waals surface area (Å²) >= 11 is 1.34. The molecule has 0 atom stereocenters. The van der Waals surface area contributed by atoms with E-state index in [1.807, 2.05) is 0 Å². The van der Waals surface area contributed by atoms with E-state index < -0.39 is 39.2 Å². The molecule has 0 aliphatic heterocycles. The van der Waals surface area contributed by atoms with Crippen molar-refractivity contribution in [3.8, 4) is 5.75 Å². The Morgan fingerprint density at radius 1 is 1.16 bits per heavy atom. The quantitative estimate of drug-likeness (QED) is 0.460. The maximum absolute atomic E-state index is 13.3. The Kier molecular flexibility index (Phi) is 8.99. The van der Waals surface area contributed by atoms with E-state index in [0.29, 0.717) is 23.5 Å². The van der Waals surface area contributed by atoms with E-state index >= 15 is 0 Å². The molecular formula is C21H24F3NO5S2. The second-order valence-corrected chi connectivity index (χ2v) is 9.93. The van der Waals surface area contributed by atoms with Gasteiger partial charge in [0.05, 0.1) is 10.5 Å². The molecule has 0 amide bonds. The molecule has 0 saturated heterocycles. The Bertz CT molecular complexity index is 1040. The van der Waals surface area contributed by atoms with E-state index in [1.54, 1.807) is 32.0 Å². The first-order valence-corrected chi connectivity index (χ1v) is 12.1. The highest BCUT2D eigenvalue weighted by Gasteiger charge is 2.38. The number of carboxylic acid groups (broad SMARTS) is 1. The summed E-state index contributed by atoms with van der Waals surface area (Å²) in [5, 5.41) is 8.70. The minimum atomic E-state index is -4.78. The van der Waals surface area contributed by atoms with E-state index in [4.69, 9.17) is 9.84 Å². The summed E-state index contributed by atoms with van der Waals surface area (Å²) in [7, 11) is -4.34. The number of hydrogen-bond donors (Lipinski definition) is 1. The van der Waals surface area contributed by atoms with Crippen molar-refractivity contribution in [2.75, 3.05) is 25.4 Å². The summed E-state index contributed by atoms with van der Waals surface area (Å²) in [6.07, 6.45) is -4.33. The van der Waals surface area contributed by atoms with E-state index in [9.17, 15) is 26.4 Å². The van der Waals surface area contributed by atoms with Gasteiger partial charge in [0.25, 0.3) is 0 Å². The maximum atomic E-state index is 13.3. The molecule has 0 heterocycles. The van der Waals surface area contributed by atoms with Gasteiger partial charge in [-0.25, -0.2) is 13.2 Å².